The third-order valence-electron chi connectivity index (χ3n) is 3.98. The van der Waals surface area contributed by atoms with Gasteiger partial charge in [-0.3, -0.25) is 4.18 Å². The van der Waals surface area contributed by atoms with Gasteiger partial charge in [0.15, 0.2) is 0 Å². The first kappa shape index (κ1) is 22.3. The third-order valence-corrected chi connectivity index (χ3v) is 5.53. The maximum Gasteiger partial charge on any atom is 0.264 e. The van der Waals surface area contributed by atoms with Crippen molar-refractivity contribution >= 4 is 44.9 Å². The molecule has 8 heteroatoms. The second-order valence-corrected chi connectivity index (χ2v) is 9.15. The van der Waals surface area contributed by atoms with Gasteiger partial charge in [0.05, 0.1) is 19.5 Å². The van der Waals surface area contributed by atoms with Gasteiger partial charge in [0, 0.05) is 21.0 Å². The standard InChI is InChI=1S/C19H21Cl3O4S/c1-13-10-16(6-8-18(13)21)25-9-3-4-14(12-26-27(2,23)24)17-7-5-15(20)11-19(17)22/h5-8,10-11,14H,3-4,9,12H2,1-2H3. The van der Waals surface area contributed by atoms with E-state index in [1.54, 1.807) is 24.3 Å². The van der Waals surface area contributed by atoms with Crippen molar-refractivity contribution in [1.29, 1.82) is 0 Å². The van der Waals surface area contributed by atoms with Gasteiger partial charge in [0.2, 0.25) is 0 Å². The zero-order valence-electron chi connectivity index (χ0n) is 15.0. The highest BCUT2D eigenvalue weighted by Gasteiger charge is 2.18. The van der Waals surface area contributed by atoms with Gasteiger partial charge < -0.3 is 4.74 Å². The molecule has 148 valence electrons. The smallest absolute Gasteiger partial charge is 0.264 e. The normalized spacial score (nSPS) is 12.8. The molecule has 27 heavy (non-hydrogen) atoms. The Kier molecular flexibility index (Phi) is 8.25. The summed E-state index contributed by atoms with van der Waals surface area (Å²) in [6.07, 6.45) is 2.36. The minimum absolute atomic E-state index is 0.0141. The molecule has 0 amide bonds. The fraction of sp³-hybridized carbons (Fsp3) is 0.368. The maximum absolute atomic E-state index is 11.4. The van der Waals surface area contributed by atoms with E-state index in [0.717, 1.165) is 23.1 Å². The number of aryl methyl sites for hydroxylation is 1. The lowest BCUT2D eigenvalue weighted by Gasteiger charge is -2.18. The highest BCUT2D eigenvalue weighted by atomic mass is 35.5. The number of hydrogen-bond donors (Lipinski definition) is 0. The van der Waals surface area contributed by atoms with Gasteiger partial charge in [0.1, 0.15) is 5.75 Å². The van der Waals surface area contributed by atoms with E-state index in [1.165, 1.54) is 0 Å². The van der Waals surface area contributed by atoms with Crippen LogP contribution in [-0.4, -0.2) is 27.9 Å². The first-order chi connectivity index (χ1) is 12.7. The number of rotatable bonds is 9. The molecule has 0 radical (unpaired) electrons. The lowest BCUT2D eigenvalue weighted by Crippen LogP contribution is -2.14. The van der Waals surface area contributed by atoms with Crippen LogP contribution < -0.4 is 4.74 Å². The van der Waals surface area contributed by atoms with E-state index in [-0.39, 0.29) is 12.5 Å². The Morgan fingerprint density at radius 2 is 1.78 bits per heavy atom. The van der Waals surface area contributed by atoms with Crippen molar-refractivity contribution in [3.05, 3.63) is 62.6 Å². The van der Waals surface area contributed by atoms with Crippen molar-refractivity contribution in [3.8, 4) is 5.75 Å². The van der Waals surface area contributed by atoms with E-state index in [0.29, 0.717) is 34.5 Å². The predicted octanol–water partition coefficient (Wildman–Crippen LogP) is 5.87. The molecule has 0 spiro atoms. The van der Waals surface area contributed by atoms with Crippen LogP contribution in [-0.2, 0) is 14.3 Å². The minimum atomic E-state index is -3.54. The number of ether oxygens (including phenoxy) is 1. The lowest BCUT2D eigenvalue weighted by molar-refractivity contribution is 0.264. The van der Waals surface area contributed by atoms with Crippen LogP contribution in [0.2, 0.25) is 15.1 Å². The SMILES string of the molecule is Cc1cc(OCCCC(COS(C)(=O)=O)c2ccc(Cl)cc2Cl)ccc1Cl. The summed E-state index contributed by atoms with van der Waals surface area (Å²) in [6.45, 7) is 2.40. The van der Waals surface area contributed by atoms with Crippen molar-refractivity contribution in [2.45, 2.75) is 25.7 Å². The van der Waals surface area contributed by atoms with Crippen LogP contribution in [0.4, 0.5) is 0 Å². The highest BCUT2D eigenvalue weighted by molar-refractivity contribution is 7.85. The Morgan fingerprint density at radius 3 is 2.41 bits per heavy atom. The molecule has 2 rings (SSSR count). The second-order valence-electron chi connectivity index (χ2n) is 6.25. The van der Waals surface area contributed by atoms with Gasteiger partial charge in [-0.1, -0.05) is 40.9 Å². The largest absolute Gasteiger partial charge is 0.494 e. The molecule has 2 aromatic carbocycles. The fourth-order valence-corrected chi connectivity index (χ4v) is 3.69. The summed E-state index contributed by atoms with van der Waals surface area (Å²) in [5.41, 5.74) is 1.74. The number of halogens is 3. The van der Waals surface area contributed by atoms with E-state index >= 15 is 0 Å². The number of hydrogen-bond acceptors (Lipinski definition) is 4. The Morgan fingerprint density at radius 1 is 1.04 bits per heavy atom. The minimum Gasteiger partial charge on any atom is -0.494 e. The first-order valence-electron chi connectivity index (χ1n) is 8.34. The summed E-state index contributed by atoms with van der Waals surface area (Å²) in [5.74, 6) is 0.547. The summed E-state index contributed by atoms with van der Waals surface area (Å²) in [7, 11) is -3.54. The molecule has 0 aliphatic carbocycles. The van der Waals surface area contributed by atoms with E-state index in [4.69, 9.17) is 43.7 Å². The molecule has 2 aromatic rings. The predicted molar refractivity (Wildman–Crippen MR) is 111 cm³/mol. The molecule has 1 unspecified atom stereocenters. The van der Waals surface area contributed by atoms with E-state index in [2.05, 4.69) is 0 Å². The Balaban J connectivity index is 1.99. The summed E-state index contributed by atoms with van der Waals surface area (Å²) in [6, 6.07) is 10.6. The molecule has 0 aliphatic rings. The summed E-state index contributed by atoms with van der Waals surface area (Å²) < 4.78 is 33.5. The number of benzene rings is 2. The molecule has 0 fully saturated rings. The zero-order chi connectivity index (χ0) is 20.0. The van der Waals surface area contributed by atoms with Crippen LogP contribution in [0.3, 0.4) is 0 Å². The van der Waals surface area contributed by atoms with Crippen LogP contribution in [0, 0.1) is 6.92 Å². The Bertz CT molecular complexity index is 885. The van der Waals surface area contributed by atoms with Gasteiger partial charge in [0.25, 0.3) is 10.1 Å². The quantitative estimate of drug-likeness (QED) is 0.353. The first-order valence-corrected chi connectivity index (χ1v) is 11.3. The van der Waals surface area contributed by atoms with Crippen molar-refractivity contribution in [2.24, 2.45) is 0 Å². The van der Waals surface area contributed by atoms with Crippen LogP contribution in [0.1, 0.15) is 29.9 Å². The summed E-state index contributed by atoms with van der Waals surface area (Å²) in [4.78, 5) is 0. The molecule has 0 aliphatic heterocycles. The van der Waals surface area contributed by atoms with Crippen LogP contribution >= 0.6 is 34.8 Å². The van der Waals surface area contributed by atoms with Crippen molar-refractivity contribution in [3.63, 3.8) is 0 Å². The van der Waals surface area contributed by atoms with Crippen LogP contribution in [0.15, 0.2) is 36.4 Å². The van der Waals surface area contributed by atoms with Gasteiger partial charge >= 0.3 is 0 Å². The van der Waals surface area contributed by atoms with Gasteiger partial charge in [-0.25, -0.2) is 0 Å². The second kappa shape index (κ2) is 9.99. The molecular formula is C19H21Cl3O4S. The fourth-order valence-electron chi connectivity index (χ4n) is 2.59. The summed E-state index contributed by atoms with van der Waals surface area (Å²) >= 11 is 18.2. The van der Waals surface area contributed by atoms with Crippen molar-refractivity contribution < 1.29 is 17.3 Å². The highest BCUT2D eigenvalue weighted by Crippen LogP contribution is 2.31. The van der Waals surface area contributed by atoms with Crippen molar-refractivity contribution in [1.82, 2.24) is 0 Å². The third kappa shape index (κ3) is 7.51. The Hall–Kier alpha value is -0.980. The average molecular weight is 452 g/mol. The maximum atomic E-state index is 11.4. The van der Waals surface area contributed by atoms with E-state index < -0.39 is 10.1 Å². The van der Waals surface area contributed by atoms with Crippen LogP contribution in [0.25, 0.3) is 0 Å². The monoisotopic (exact) mass is 450 g/mol. The zero-order valence-corrected chi connectivity index (χ0v) is 18.1. The molecular weight excluding hydrogens is 431 g/mol. The molecule has 0 N–H and O–H groups in total. The Labute approximate surface area is 175 Å². The van der Waals surface area contributed by atoms with Gasteiger partial charge in [-0.05, 0) is 61.2 Å². The van der Waals surface area contributed by atoms with E-state index in [9.17, 15) is 8.42 Å². The van der Waals surface area contributed by atoms with E-state index in [1.807, 2.05) is 19.1 Å². The molecule has 1 atom stereocenters. The van der Waals surface area contributed by atoms with Crippen molar-refractivity contribution in [2.75, 3.05) is 19.5 Å². The average Bonchev–Trinajstić information content (AvgIpc) is 2.57. The lowest BCUT2D eigenvalue weighted by atomic mass is 9.95. The molecule has 0 aromatic heterocycles. The molecule has 0 saturated carbocycles. The molecule has 0 saturated heterocycles. The van der Waals surface area contributed by atoms with Crippen LogP contribution in [0.5, 0.6) is 5.75 Å². The van der Waals surface area contributed by atoms with Gasteiger partial charge in [-0.15, -0.1) is 0 Å². The topological polar surface area (TPSA) is 52.6 Å². The molecule has 0 bridgehead atoms. The summed E-state index contributed by atoms with van der Waals surface area (Å²) in [5, 5.41) is 1.70. The molecule has 4 nitrogen and oxygen atoms in total. The molecule has 0 heterocycles. The van der Waals surface area contributed by atoms with Gasteiger partial charge in [-0.2, -0.15) is 8.42 Å².